The highest BCUT2D eigenvalue weighted by atomic mass is 32.1. The van der Waals surface area contributed by atoms with Crippen molar-refractivity contribution in [3.8, 4) is 11.5 Å². The molecule has 0 N–H and O–H groups in total. The summed E-state index contributed by atoms with van der Waals surface area (Å²) in [6, 6.07) is 19.3. The lowest BCUT2D eigenvalue weighted by Crippen LogP contribution is -2.30. The minimum atomic E-state index is -0.188. The number of fused-ring (bicyclic) bond motifs is 1. The van der Waals surface area contributed by atoms with Crippen LogP contribution in [0.15, 0.2) is 60.7 Å². The van der Waals surface area contributed by atoms with E-state index in [1.54, 1.807) is 37.3 Å². The number of hydrogen-bond acceptors (Lipinski definition) is 5. The summed E-state index contributed by atoms with van der Waals surface area (Å²) in [5, 5.41) is 0.652. The van der Waals surface area contributed by atoms with Crippen molar-refractivity contribution in [2.75, 3.05) is 19.1 Å². The molecule has 0 radical (unpaired) electrons. The summed E-state index contributed by atoms with van der Waals surface area (Å²) in [6.45, 7) is 4.56. The molecule has 31 heavy (non-hydrogen) atoms. The van der Waals surface area contributed by atoms with Crippen molar-refractivity contribution < 1.29 is 14.3 Å². The Balaban J connectivity index is 1.83. The first-order chi connectivity index (χ1) is 15.0. The van der Waals surface area contributed by atoms with Crippen molar-refractivity contribution in [2.45, 2.75) is 20.4 Å². The molecule has 1 heterocycles. The van der Waals surface area contributed by atoms with Crippen LogP contribution in [0, 0.1) is 13.8 Å². The van der Waals surface area contributed by atoms with Gasteiger partial charge in [-0.15, -0.1) is 0 Å². The summed E-state index contributed by atoms with van der Waals surface area (Å²) in [4.78, 5) is 20.3. The Bertz CT molecular complexity index is 1200. The molecule has 158 valence electrons. The number of aromatic nitrogens is 1. The lowest BCUT2D eigenvalue weighted by Gasteiger charge is -2.21. The molecule has 3 aromatic carbocycles. The van der Waals surface area contributed by atoms with Crippen LogP contribution in [0.25, 0.3) is 10.2 Å². The van der Waals surface area contributed by atoms with E-state index in [4.69, 9.17) is 14.5 Å². The third-order valence-electron chi connectivity index (χ3n) is 5.29. The van der Waals surface area contributed by atoms with Crippen LogP contribution >= 0.6 is 11.3 Å². The third kappa shape index (κ3) is 4.25. The van der Waals surface area contributed by atoms with Gasteiger partial charge in [-0.2, -0.15) is 0 Å². The molecule has 0 unspecified atom stereocenters. The minimum Gasteiger partial charge on any atom is -0.497 e. The van der Waals surface area contributed by atoms with E-state index in [-0.39, 0.29) is 5.91 Å². The van der Waals surface area contributed by atoms with E-state index in [0.717, 1.165) is 15.8 Å². The van der Waals surface area contributed by atoms with Crippen LogP contribution in [-0.4, -0.2) is 25.1 Å². The van der Waals surface area contributed by atoms with Crippen LogP contribution in [0.1, 0.15) is 27.0 Å². The minimum absolute atomic E-state index is 0.188. The number of rotatable bonds is 6. The fraction of sp³-hybridized carbons (Fsp3) is 0.200. The van der Waals surface area contributed by atoms with Gasteiger partial charge in [0.2, 0.25) is 0 Å². The average Bonchev–Trinajstić information content (AvgIpc) is 3.19. The molecule has 0 saturated carbocycles. The number of anilines is 1. The van der Waals surface area contributed by atoms with E-state index in [1.807, 2.05) is 30.3 Å². The summed E-state index contributed by atoms with van der Waals surface area (Å²) in [5.41, 5.74) is 4.73. The summed E-state index contributed by atoms with van der Waals surface area (Å²) >= 11 is 1.52. The van der Waals surface area contributed by atoms with Crippen molar-refractivity contribution >= 4 is 32.6 Å². The quantitative estimate of drug-likeness (QED) is 0.388. The van der Waals surface area contributed by atoms with E-state index < -0.39 is 0 Å². The number of ether oxygens (including phenoxy) is 2. The zero-order valence-corrected chi connectivity index (χ0v) is 18.8. The molecule has 0 saturated heterocycles. The lowest BCUT2D eigenvalue weighted by molar-refractivity contribution is 0.0982. The van der Waals surface area contributed by atoms with Gasteiger partial charge in [0.1, 0.15) is 11.5 Å². The molecule has 0 bridgehead atoms. The molecule has 0 aliphatic rings. The van der Waals surface area contributed by atoms with Crippen LogP contribution in [0.3, 0.4) is 0 Å². The number of carbonyl (C=O) groups is 1. The van der Waals surface area contributed by atoms with Gasteiger partial charge in [0, 0.05) is 0 Å². The number of methoxy groups -OCH3 is 2. The Hall–Kier alpha value is -3.38. The molecule has 5 nitrogen and oxygen atoms in total. The van der Waals surface area contributed by atoms with Crippen LogP contribution in [-0.2, 0) is 6.54 Å². The SMILES string of the molecule is COc1ccc(OC)c(C(=O)N(Cc2ccccc2)c2nc3cc(C)c(C)cc3s2)c1. The van der Waals surface area contributed by atoms with Crippen molar-refractivity contribution in [3.63, 3.8) is 0 Å². The normalized spacial score (nSPS) is 10.8. The van der Waals surface area contributed by atoms with Gasteiger partial charge in [-0.05, 0) is 60.9 Å². The molecule has 6 heteroatoms. The van der Waals surface area contributed by atoms with E-state index in [1.165, 1.54) is 22.5 Å². The Kier molecular flexibility index (Phi) is 5.91. The summed E-state index contributed by atoms with van der Waals surface area (Å²) in [6.07, 6.45) is 0. The molecule has 4 rings (SSSR count). The molecule has 0 aliphatic carbocycles. The van der Waals surface area contributed by atoms with Gasteiger partial charge in [-0.3, -0.25) is 9.69 Å². The molecule has 1 aromatic heterocycles. The number of benzene rings is 3. The van der Waals surface area contributed by atoms with Crippen LogP contribution < -0.4 is 14.4 Å². The van der Waals surface area contributed by atoms with E-state index in [9.17, 15) is 4.79 Å². The predicted molar refractivity (Wildman–Crippen MR) is 126 cm³/mol. The second-order valence-electron chi connectivity index (χ2n) is 7.34. The molecular formula is C25H24N2O3S. The standard InChI is InChI=1S/C25H24N2O3S/c1-16-12-21-23(13-17(16)2)31-25(26-21)27(15-18-8-6-5-7-9-18)24(28)20-14-19(29-3)10-11-22(20)30-4/h5-14H,15H2,1-4H3. The summed E-state index contributed by atoms with van der Waals surface area (Å²) < 4.78 is 11.9. The van der Waals surface area contributed by atoms with Gasteiger partial charge < -0.3 is 9.47 Å². The topological polar surface area (TPSA) is 51.7 Å². The molecule has 0 fully saturated rings. The molecule has 0 spiro atoms. The van der Waals surface area contributed by atoms with Crippen molar-refractivity contribution in [1.82, 2.24) is 4.98 Å². The predicted octanol–water partition coefficient (Wildman–Crippen LogP) is 5.78. The number of nitrogens with zero attached hydrogens (tertiary/aromatic N) is 2. The summed E-state index contributed by atoms with van der Waals surface area (Å²) in [5.74, 6) is 0.906. The monoisotopic (exact) mass is 432 g/mol. The number of hydrogen-bond donors (Lipinski definition) is 0. The Morgan fingerprint density at radius 3 is 2.42 bits per heavy atom. The Morgan fingerprint density at radius 1 is 0.968 bits per heavy atom. The first-order valence-electron chi connectivity index (χ1n) is 9.95. The Labute approximate surface area is 185 Å². The van der Waals surface area contributed by atoms with E-state index >= 15 is 0 Å². The van der Waals surface area contributed by atoms with Crippen molar-refractivity contribution in [1.29, 1.82) is 0 Å². The highest BCUT2D eigenvalue weighted by Gasteiger charge is 2.25. The lowest BCUT2D eigenvalue weighted by atomic mass is 10.1. The Morgan fingerprint density at radius 2 is 1.71 bits per heavy atom. The molecule has 4 aromatic rings. The van der Waals surface area contributed by atoms with Crippen molar-refractivity contribution in [3.05, 3.63) is 82.9 Å². The average molecular weight is 433 g/mol. The first kappa shape index (κ1) is 20.9. The van der Waals surface area contributed by atoms with Gasteiger partial charge >= 0.3 is 0 Å². The third-order valence-corrected chi connectivity index (χ3v) is 6.33. The fourth-order valence-electron chi connectivity index (χ4n) is 3.40. The highest BCUT2D eigenvalue weighted by Crippen LogP contribution is 2.34. The van der Waals surface area contributed by atoms with Gasteiger partial charge in [0.15, 0.2) is 5.13 Å². The second-order valence-corrected chi connectivity index (χ2v) is 8.35. The van der Waals surface area contributed by atoms with Gasteiger partial charge in [0.05, 0.1) is 36.5 Å². The van der Waals surface area contributed by atoms with Gasteiger partial charge in [0.25, 0.3) is 5.91 Å². The van der Waals surface area contributed by atoms with Crippen molar-refractivity contribution in [2.24, 2.45) is 0 Å². The maximum Gasteiger partial charge on any atom is 0.264 e. The van der Waals surface area contributed by atoms with E-state index in [2.05, 4.69) is 26.0 Å². The second kappa shape index (κ2) is 8.78. The van der Waals surface area contributed by atoms with E-state index in [0.29, 0.717) is 28.7 Å². The maximum atomic E-state index is 13.8. The number of carbonyl (C=O) groups excluding carboxylic acids is 1. The number of aryl methyl sites for hydroxylation is 2. The number of amides is 1. The molecule has 1 amide bonds. The van der Waals surface area contributed by atoms with Gasteiger partial charge in [-0.1, -0.05) is 41.7 Å². The molecule has 0 aliphatic heterocycles. The zero-order valence-electron chi connectivity index (χ0n) is 18.0. The highest BCUT2D eigenvalue weighted by molar-refractivity contribution is 7.22. The van der Waals surface area contributed by atoms with Gasteiger partial charge in [-0.25, -0.2) is 4.98 Å². The molecular weight excluding hydrogens is 408 g/mol. The number of thiazole rings is 1. The first-order valence-corrected chi connectivity index (χ1v) is 10.8. The maximum absolute atomic E-state index is 13.8. The van der Waals surface area contributed by atoms with Crippen LogP contribution in [0.2, 0.25) is 0 Å². The van der Waals surface area contributed by atoms with Crippen LogP contribution in [0.4, 0.5) is 5.13 Å². The van der Waals surface area contributed by atoms with Crippen LogP contribution in [0.5, 0.6) is 11.5 Å². The fourth-order valence-corrected chi connectivity index (χ4v) is 4.45. The smallest absolute Gasteiger partial charge is 0.264 e. The molecule has 0 atom stereocenters. The summed E-state index contributed by atoms with van der Waals surface area (Å²) in [7, 11) is 3.14. The largest absolute Gasteiger partial charge is 0.497 e. The zero-order chi connectivity index (χ0) is 22.0.